The fraction of sp³-hybridized carbons (Fsp3) is 0.385. The van der Waals surface area contributed by atoms with Gasteiger partial charge in [0.05, 0.1) is 5.69 Å². The molecule has 2 nitrogen and oxygen atoms in total. The maximum absolute atomic E-state index is 4.63. The molecule has 2 rings (SSSR count). The molecule has 0 aromatic carbocycles. The first-order valence-electron chi connectivity index (χ1n) is 5.73. The van der Waals surface area contributed by atoms with E-state index < -0.39 is 0 Å². The largest absolute Gasteiger partial charge is 0.253 e. The van der Waals surface area contributed by atoms with E-state index in [1.165, 1.54) is 11.3 Å². The van der Waals surface area contributed by atoms with E-state index in [0.29, 0.717) is 0 Å². The summed E-state index contributed by atoms with van der Waals surface area (Å²) in [6.07, 6.45) is 5.05. The molecule has 0 atom stereocenters. The zero-order valence-corrected chi connectivity index (χ0v) is 10.5. The second-order valence-electron chi connectivity index (χ2n) is 3.76. The predicted octanol–water partition coefficient (Wildman–Crippen LogP) is 3.72. The second kappa shape index (κ2) is 5.21. The standard InChI is InChI=1S/C13H16N2S/c1-3-6-11-9-16-13(15-11)12-10(4-2)7-5-8-14-12/h5,7-9H,3-4,6H2,1-2H3. The Kier molecular flexibility index (Phi) is 3.67. The lowest BCUT2D eigenvalue weighted by Gasteiger charge is -2.02. The fourth-order valence-corrected chi connectivity index (χ4v) is 2.59. The number of nitrogens with zero attached hydrogens (tertiary/aromatic N) is 2. The quantitative estimate of drug-likeness (QED) is 0.803. The minimum atomic E-state index is 1.01. The zero-order chi connectivity index (χ0) is 11.4. The van der Waals surface area contributed by atoms with E-state index in [1.54, 1.807) is 11.3 Å². The first kappa shape index (κ1) is 11.3. The van der Waals surface area contributed by atoms with Crippen LogP contribution in [0.15, 0.2) is 23.7 Å². The van der Waals surface area contributed by atoms with Gasteiger partial charge < -0.3 is 0 Å². The van der Waals surface area contributed by atoms with Gasteiger partial charge in [-0.05, 0) is 24.5 Å². The Hall–Kier alpha value is -1.22. The molecule has 3 heteroatoms. The van der Waals surface area contributed by atoms with Crippen LogP contribution >= 0.6 is 11.3 Å². The summed E-state index contributed by atoms with van der Waals surface area (Å²) in [5.41, 5.74) is 3.52. The molecule has 0 bridgehead atoms. The van der Waals surface area contributed by atoms with E-state index in [0.717, 1.165) is 30.0 Å². The molecule has 2 aromatic heterocycles. The second-order valence-corrected chi connectivity index (χ2v) is 4.62. The molecule has 0 saturated heterocycles. The number of hydrogen-bond donors (Lipinski definition) is 0. The minimum Gasteiger partial charge on any atom is -0.253 e. The first-order valence-corrected chi connectivity index (χ1v) is 6.61. The van der Waals surface area contributed by atoms with Crippen molar-refractivity contribution in [3.05, 3.63) is 35.0 Å². The summed E-state index contributed by atoms with van der Waals surface area (Å²) >= 11 is 1.70. The van der Waals surface area contributed by atoms with E-state index in [9.17, 15) is 0 Å². The van der Waals surface area contributed by atoms with Gasteiger partial charge in [-0.25, -0.2) is 4.98 Å². The van der Waals surface area contributed by atoms with Crippen LogP contribution in [0.4, 0.5) is 0 Å². The maximum atomic E-state index is 4.63. The molecule has 0 saturated carbocycles. The molecule has 0 N–H and O–H groups in total. The molecule has 0 unspecified atom stereocenters. The van der Waals surface area contributed by atoms with E-state index >= 15 is 0 Å². The molecule has 0 aliphatic rings. The molecule has 0 amide bonds. The maximum Gasteiger partial charge on any atom is 0.142 e. The topological polar surface area (TPSA) is 25.8 Å². The van der Waals surface area contributed by atoms with Crippen molar-refractivity contribution in [1.29, 1.82) is 0 Å². The Bertz CT molecular complexity index is 462. The van der Waals surface area contributed by atoms with Gasteiger partial charge in [0.15, 0.2) is 0 Å². The zero-order valence-electron chi connectivity index (χ0n) is 9.73. The molecule has 0 aliphatic carbocycles. The van der Waals surface area contributed by atoms with Gasteiger partial charge in [0.1, 0.15) is 10.7 Å². The van der Waals surface area contributed by atoms with Crippen LogP contribution in [0.1, 0.15) is 31.5 Å². The number of aryl methyl sites for hydroxylation is 2. The smallest absolute Gasteiger partial charge is 0.142 e. The molecule has 2 aromatic rings. The van der Waals surface area contributed by atoms with Gasteiger partial charge in [0, 0.05) is 11.6 Å². The van der Waals surface area contributed by atoms with Crippen molar-refractivity contribution in [1.82, 2.24) is 9.97 Å². The van der Waals surface area contributed by atoms with E-state index in [4.69, 9.17) is 0 Å². The van der Waals surface area contributed by atoms with Crippen LogP contribution in [0, 0.1) is 0 Å². The van der Waals surface area contributed by atoms with Crippen molar-refractivity contribution < 1.29 is 0 Å². The molecule has 16 heavy (non-hydrogen) atoms. The van der Waals surface area contributed by atoms with Gasteiger partial charge >= 0.3 is 0 Å². The van der Waals surface area contributed by atoms with Crippen molar-refractivity contribution >= 4 is 11.3 Å². The Balaban J connectivity index is 2.34. The molecule has 0 radical (unpaired) electrons. The third-order valence-electron chi connectivity index (χ3n) is 2.53. The lowest BCUT2D eigenvalue weighted by atomic mass is 10.1. The third-order valence-corrected chi connectivity index (χ3v) is 3.43. The van der Waals surface area contributed by atoms with Crippen molar-refractivity contribution in [2.45, 2.75) is 33.1 Å². The average molecular weight is 232 g/mol. The van der Waals surface area contributed by atoms with Gasteiger partial charge in [-0.3, -0.25) is 4.98 Å². The Morgan fingerprint density at radius 2 is 2.19 bits per heavy atom. The van der Waals surface area contributed by atoms with Crippen LogP contribution in [0.25, 0.3) is 10.7 Å². The van der Waals surface area contributed by atoms with Crippen molar-refractivity contribution in [2.75, 3.05) is 0 Å². The lowest BCUT2D eigenvalue weighted by molar-refractivity contribution is 0.893. The number of pyridine rings is 1. The monoisotopic (exact) mass is 232 g/mol. The predicted molar refractivity (Wildman–Crippen MR) is 68.7 cm³/mol. The van der Waals surface area contributed by atoms with Gasteiger partial charge in [-0.1, -0.05) is 26.3 Å². The van der Waals surface area contributed by atoms with Crippen molar-refractivity contribution in [3.8, 4) is 10.7 Å². The fourth-order valence-electron chi connectivity index (χ4n) is 1.70. The van der Waals surface area contributed by atoms with E-state index in [1.807, 2.05) is 12.3 Å². The summed E-state index contributed by atoms with van der Waals surface area (Å²) < 4.78 is 0. The summed E-state index contributed by atoms with van der Waals surface area (Å²) in [6.45, 7) is 4.33. The number of thiazole rings is 1. The van der Waals surface area contributed by atoms with Crippen LogP contribution < -0.4 is 0 Å². The van der Waals surface area contributed by atoms with Gasteiger partial charge in [0.25, 0.3) is 0 Å². The van der Waals surface area contributed by atoms with Gasteiger partial charge in [0.2, 0.25) is 0 Å². The molecule has 0 aliphatic heterocycles. The Labute approximate surface area is 100 Å². The highest BCUT2D eigenvalue weighted by Gasteiger charge is 2.09. The summed E-state index contributed by atoms with van der Waals surface area (Å²) in [5.74, 6) is 0. The van der Waals surface area contributed by atoms with Crippen molar-refractivity contribution in [3.63, 3.8) is 0 Å². The van der Waals surface area contributed by atoms with Crippen LogP contribution in [-0.2, 0) is 12.8 Å². The summed E-state index contributed by atoms with van der Waals surface area (Å²) in [4.78, 5) is 9.08. The Morgan fingerprint density at radius 1 is 1.31 bits per heavy atom. The molecular formula is C13H16N2S. The highest BCUT2D eigenvalue weighted by atomic mass is 32.1. The highest BCUT2D eigenvalue weighted by Crippen LogP contribution is 2.25. The van der Waals surface area contributed by atoms with Crippen LogP contribution in [0.2, 0.25) is 0 Å². The van der Waals surface area contributed by atoms with Gasteiger partial charge in [-0.2, -0.15) is 0 Å². The highest BCUT2D eigenvalue weighted by molar-refractivity contribution is 7.13. The summed E-state index contributed by atoms with van der Waals surface area (Å²) in [6, 6.07) is 4.12. The molecular weight excluding hydrogens is 216 g/mol. The third kappa shape index (κ3) is 2.30. The van der Waals surface area contributed by atoms with Crippen LogP contribution in [-0.4, -0.2) is 9.97 Å². The summed E-state index contributed by atoms with van der Waals surface area (Å²) in [5, 5.41) is 3.20. The molecule has 2 heterocycles. The van der Waals surface area contributed by atoms with E-state index in [-0.39, 0.29) is 0 Å². The van der Waals surface area contributed by atoms with Crippen LogP contribution in [0.5, 0.6) is 0 Å². The number of aromatic nitrogens is 2. The van der Waals surface area contributed by atoms with E-state index in [2.05, 4.69) is 35.3 Å². The minimum absolute atomic E-state index is 1.01. The average Bonchev–Trinajstić information content (AvgIpc) is 2.78. The summed E-state index contributed by atoms with van der Waals surface area (Å²) in [7, 11) is 0. The first-order chi connectivity index (χ1) is 7.85. The Morgan fingerprint density at radius 3 is 2.94 bits per heavy atom. The normalized spacial score (nSPS) is 10.6. The molecule has 84 valence electrons. The lowest BCUT2D eigenvalue weighted by Crippen LogP contribution is -1.91. The van der Waals surface area contributed by atoms with Gasteiger partial charge in [-0.15, -0.1) is 11.3 Å². The number of hydrogen-bond acceptors (Lipinski definition) is 3. The van der Waals surface area contributed by atoms with Crippen molar-refractivity contribution in [2.24, 2.45) is 0 Å². The molecule has 0 fully saturated rings. The number of rotatable bonds is 4. The molecule has 0 spiro atoms. The SMILES string of the molecule is CCCc1csc(-c2ncccc2CC)n1. The van der Waals surface area contributed by atoms with Crippen LogP contribution in [0.3, 0.4) is 0 Å².